The molecular formula is C20H27ClN4O. The Morgan fingerprint density at radius 3 is 2.73 bits per heavy atom. The fourth-order valence-corrected chi connectivity index (χ4v) is 3.70. The summed E-state index contributed by atoms with van der Waals surface area (Å²) in [4.78, 5) is 14.7. The molecule has 6 heteroatoms. The highest BCUT2D eigenvalue weighted by Gasteiger charge is 2.11. The minimum absolute atomic E-state index is 0.0304. The maximum atomic E-state index is 12.2. The van der Waals surface area contributed by atoms with Crippen molar-refractivity contribution in [3.8, 4) is 11.3 Å². The molecule has 1 aromatic carbocycles. The van der Waals surface area contributed by atoms with E-state index in [1.165, 1.54) is 38.8 Å². The zero-order valence-corrected chi connectivity index (χ0v) is 16.1. The molecule has 1 aromatic heterocycles. The van der Waals surface area contributed by atoms with Crippen LogP contribution in [0.3, 0.4) is 0 Å². The summed E-state index contributed by atoms with van der Waals surface area (Å²) >= 11 is 6.00. The first-order valence-corrected chi connectivity index (χ1v) is 9.84. The van der Waals surface area contributed by atoms with E-state index in [4.69, 9.17) is 11.6 Å². The fourth-order valence-electron chi connectivity index (χ4n) is 3.47. The number of aromatic amines is 1. The lowest BCUT2D eigenvalue weighted by Crippen LogP contribution is -2.26. The number of likely N-dealkylation sites (tertiary alicyclic amines) is 1. The molecule has 1 fully saturated rings. The first-order valence-electron chi connectivity index (χ1n) is 9.46. The number of anilines is 1. The lowest BCUT2D eigenvalue weighted by Gasteiger charge is -2.19. The summed E-state index contributed by atoms with van der Waals surface area (Å²) in [5.41, 5.74) is 2.87. The summed E-state index contributed by atoms with van der Waals surface area (Å²) in [5.74, 6) is 0.664. The van der Waals surface area contributed by atoms with Crippen molar-refractivity contribution < 1.29 is 4.79 Å². The van der Waals surface area contributed by atoms with Gasteiger partial charge in [0.05, 0.1) is 5.69 Å². The summed E-state index contributed by atoms with van der Waals surface area (Å²) in [6.07, 6.45) is 6.67. The Kier molecular flexibility index (Phi) is 6.69. The molecule has 3 rings (SSSR count). The van der Waals surface area contributed by atoms with E-state index in [9.17, 15) is 4.79 Å². The van der Waals surface area contributed by atoms with Crippen molar-refractivity contribution in [2.24, 2.45) is 0 Å². The Hall–Kier alpha value is -1.85. The van der Waals surface area contributed by atoms with Gasteiger partial charge in [0, 0.05) is 23.1 Å². The molecule has 0 spiro atoms. The predicted molar refractivity (Wildman–Crippen MR) is 107 cm³/mol. The molecule has 0 radical (unpaired) electrons. The monoisotopic (exact) mass is 374 g/mol. The van der Waals surface area contributed by atoms with Crippen molar-refractivity contribution in [1.29, 1.82) is 0 Å². The number of aryl methyl sites for hydroxylation is 1. The number of carbonyl (C=O) groups is 1. The zero-order chi connectivity index (χ0) is 18.4. The van der Waals surface area contributed by atoms with Crippen molar-refractivity contribution in [3.63, 3.8) is 0 Å². The summed E-state index contributed by atoms with van der Waals surface area (Å²) < 4.78 is 0. The average Bonchev–Trinajstić information content (AvgIpc) is 2.89. The molecular weight excluding hydrogens is 348 g/mol. The molecule has 1 aliphatic heterocycles. The van der Waals surface area contributed by atoms with Crippen molar-refractivity contribution in [3.05, 3.63) is 34.9 Å². The highest BCUT2D eigenvalue weighted by atomic mass is 35.5. The maximum Gasteiger partial charge on any atom is 0.225 e. The molecule has 5 nitrogen and oxygen atoms in total. The largest absolute Gasteiger partial charge is 0.311 e. The third kappa shape index (κ3) is 5.32. The minimum atomic E-state index is 0.0304. The molecule has 2 heterocycles. The van der Waals surface area contributed by atoms with Gasteiger partial charge < -0.3 is 10.2 Å². The molecule has 0 saturated carbocycles. The van der Waals surface area contributed by atoms with Gasteiger partial charge in [0.2, 0.25) is 5.91 Å². The number of H-pyrrole nitrogens is 1. The lowest BCUT2D eigenvalue weighted by atomic mass is 10.1. The third-order valence-corrected chi connectivity index (χ3v) is 5.13. The van der Waals surface area contributed by atoms with Crippen molar-refractivity contribution in [2.45, 2.75) is 45.4 Å². The molecule has 0 aliphatic carbocycles. The average molecular weight is 375 g/mol. The number of nitrogens with one attached hydrogen (secondary N) is 2. The molecule has 26 heavy (non-hydrogen) atoms. The highest BCUT2D eigenvalue weighted by Crippen LogP contribution is 2.26. The molecule has 1 amide bonds. The van der Waals surface area contributed by atoms with E-state index in [-0.39, 0.29) is 5.91 Å². The SMILES string of the molecule is Cc1cc(Cl)ccc1-c1cc(NC(=O)CCCN2CCCCCC2)[nH]n1. The van der Waals surface area contributed by atoms with E-state index >= 15 is 0 Å². The number of nitrogens with zero attached hydrogens (tertiary/aromatic N) is 2. The minimum Gasteiger partial charge on any atom is -0.311 e. The first-order chi connectivity index (χ1) is 12.6. The van der Waals surface area contributed by atoms with Gasteiger partial charge in [0.25, 0.3) is 0 Å². The summed E-state index contributed by atoms with van der Waals surface area (Å²) in [5, 5.41) is 10.8. The van der Waals surface area contributed by atoms with Crippen LogP contribution < -0.4 is 5.32 Å². The summed E-state index contributed by atoms with van der Waals surface area (Å²) in [6, 6.07) is 7.57. The van der Waals surface area contributed by atoms with Gasteiger partial charge in [-0.25, -0.2) is 0 Å². The second-order valence-electron chi connectivity index (χ2n) is 7.03. The van der Waals surface area contributed by atoms with E-state index in [1.54, 1.807) is 0 Å². The highest BCUT2D eigenvalue weighted by molar-refractivity contribution is 6.30. The second-order valence-corrected chi connectivity index (χ2v) is 7.47. The van der Waals surface area contributed by atoms with Crippen LogP contribution in [0.15, 0.2) is 24.3 Å². The fraction of sp³-hybridized carbons (Fsp3) is 0.500. The van der Waals surface area contributed by atoms with Crippen molar-refractivity contribution in [2.75, 3.05) is 25.0 Å². The number of benzene rings is 1. The Balaban J connectivity index is 1.48. The molecule has 2 N–H and O–H groups in total. The van der Waals surface area contributed by atoms with E-state index < -0.39 is 0 Å². The Morgan fingerprint density at radius 2 is 2.00 bits per heavy atom. The van der Waals surface area contributed by atoms with Crippen LogP contribution in [0, 0.1) is 6.92 Å². The number of hydrogen-bond acceptors (Lipinski definition) is 3. The molecule has 140 valence electrons. The van der Waals surface area contributed by atoms with Gasteiger partial charge in [-0.3, -0.25) is 9.89 Å². The van der Waals surface area contributed by atoms with Gasteiger partial charge in [-0.05, 0) is 63.5 Å². The van der Waals surface area contributed by atoms with Gasteiger partial charge in [-0.15, -0.1) is 0 Å². The quantitative estimate of drug-likeness (QED) is 0.774. The van der Waals surface area contributed by atoms with Gasteiger partial charge in [0.15, 0.2) is 0 Å². The van der Waals surface area contributed by atoms with Crippen LogP contribution in [-0.4, -0.2) is 40.6 Å². The van der Waals surface area contributed by atoms with Gasteiger partial charge in [-0.1, -0.05) is 30.5 Å². The first kappa shape index (κ1) is 18.9. The number of rotatable bonds is 6. The van der Waals surface area contributed by atoms with Crippen LogP contribution in [-0.2, 0) is 4.79 Å². The van der Waals surface area contributed by atoms with E-state index in [2.05, 4.69) is 20.4 Å². The number of halogens is 1. The van der Waals surface area contributed by atoms with Gasteiger partial charge >= 0.3 is 0 Å². The van der Waals surface area contributed by atoms with Crippen molar-refractivity contribution >= 4 is 23.3 Å². The van der Waals surface area contributed by atoms with Crippen LogP contribution in [0.2, 0.25) is 5.02 Å². The summed E-state index contributed by atoms with van der Waals surface area (Å²) in [7, 11) is 0. The topological polar surface area (TPSA) is 61.0 Å². The zero-order valence-electron chi connectivity index (χ0n) is 15.4. The second kappa shape index (κ2) is 9.19. The number of amides is 1. The van der Waals surface area contributed by atoms with Crippen LogP contribution in [0.25, 0.3) is 11.3 Å². The standard InChI is InChI=1S/C20H27ClN4O/c1-15-13-16(21)8-9-17(15)18-14-19(24-23-18)22-20(26)7-6-12-25-10-4-2-3-5-11-25/h8-9,13-14H,2-7,10-12H2,1H3,(H2,22,23,24,26). The molecule has 1 aliphatic rings. The Morgan fingerprint density at radius 1 is 1.23 bits per heavy atom. The number of carbonyl (C=O) groups excluding carboxylic acids is 1. The Labute approximate surface area is 160 Å². The maximum absolute atomic E-state index is 12.2. The molecule has 0 atom stereocenters. The molecule has 0 bridgehead atoms. The number of aromatic nitrogens is 2. The van der Waals surface area contributed by atoms with Crippen LogP contribution in [0.1, 0.15) is 44.1 Å². The van der Waals surface area contributed by atoms with Crippen LogP contribution in [0.5, 0.6) is 0 Å². The van der Waals surface area contributed by atoms with E-state index in [0.717, 1.165) is 29.8 Å². The van der Waals surface area contributed by atoms with Crippen molar-refractivity contribution in [1.82, 2.24) is 15.1 Å². The molecule has 1 saturated heterocycles. The lowest BCUT2D eigenvalue weighted by molar-refractivity contribution is -0.116. The van der Waals surface area contributed by atoms with E-state index in [0.29, 0.717) is 17.3 Å². The summed E-state index contributed by atoms with van der Waals surface area (Å²) in [6.45, 7) is 5.35. The smallest absolute Gasteiger partial charge is 0.225 e. The third-order valence-electron chi connectivity index (χ3n) is 4.89. The Bertz CT molecular complexity index is 735. The number of hydrogen-bond donors (Lipinski definition) is 2. The van der Waals surface area contributed by atoms with E-state index in [1.807, 2.05) is 31.2 Å². The predicted octanol–water partition coefficient (Wildman–Crippen LogP) is 4.63. The van der Waals surface area contributed by atoms with Gasteiger partial charge in [0.1, 0.15) is 5.82 Å². The van der Waals surface area contributed by atoms with Gasteiger partial charge in [-0.2, -0.15) is 5.10 Å². The molecule has 0 unspecified atom stereocenters. The van der Waals surface area contributed by atoms with Crippen LogP contribution in [0.4, 0.5) is 5.82 Å². The molecule has 2 aromatic rings. The normalized spacial score (nSPS) is 15.6. The van der Waals surface area contributed by atoms with Crippen LogP contribution >= 0.6 is 11.6 Å².